The average Bonchev–Trinajstić information content (AvgIpc) is 2.77. The van der Waals surface area contributed by atoms with Crippen LogP contribution in [0.3, 0.4) is 0 Å². The summed E-state index contributed by atoms with van der Waals surface area (Å²) in [5, 5.41) is 13.6. The molecular formula is C22H20ClN3O6S. The van der Waals surface area contributed by atoms with E-state index in [1.165, 1.54) is 19.2 Å². The summed E-state index contributed by atoms with van der Waals surface area (Å²) >= 11 is 6.11. The largest absolute Gasteiger partial charge is 0.495 e. The van der Waals surface area contributed by atoms with Gasteiger partial charge < -0.3 is 10.1 Å². The first-order valence-corrected chi connectivity index (χ1v) is 11.4. The molecule has 1 N–H and O–H groups in total. The third kappa shape index (κ3) is 5.41. The van der Waals surface area contributed by atoms with Gasteiger partial charge in [-0.25, -0.2) is 8.42 Å². The second-order valence-electron chi connectivity index (χ2n) is 6.97. The van der Waals surface area contributed by atoms with Gasteiger partial charge in [0, 0.05) is 17.8 Å². The van der Waals surface area contributed by atoms with Crippen molar-refractivity contribution in [3.05, 3.63) is 87.4 Å². The lowest BCUT2D eigenvalue weighted by Gasteiger charge is -2.26. The van der Waals surface area contributed by atoms with Gasteiger partial charge in [-0.15, -0.1) is 0 Å². The molecule has 0 saturated carbocycles. The molecule has 0 aliphatic heterocycles. The van der Waals surface area contributed by atoms with Gasteiger partial charge in [-0.1, -0.05) is 35.9 Å². The van der Waals surface area contributed by atoms with Crippen molar-refractivity contribution < 1.29 is 22.9 Å². The number of hydrogen-bond acceptors (Lipinski definition) is 6. The number of non-ortho nitro benzene ring substituents is 1. The van der Waals surface area contributed by atoms with Crippen LogP contribution < -0.4 is 14.4 Å². The van der Waals surface area contributed by atoms with Crippen LogP contribution in [0.5, 0.6) is 5.75 Å². The lowest BCUT2D eigenvalue weighted by molar-refractivity contribution is -0.385. The van der Waals surface area contributed by atoms with E-state index in [-0.39, 0.29) is 16.5 Å². The van der Waals surface area contributed by atoms with Crippen LogP contribution in [-0.4, -0.2) is 32.9 Å². The van der Waals surface area contributed by atoms with Crippen molar-refractivity contribution in [1.29, 1.82) is 0 Å². The van der Waals surface area contributed by atoms with Gasteiger partial charge in [0.1, 0.15) is 17.2 Å². The van der Waals surface area contributed by atoms with E-state index in [0.29, 0.717) is 5.69 Å². The fraction of sp³-hybridized carbons (Fsp3) is 0.136. The highest BCUT2D eigenvalue weighted by Gasteiger charge is 2.32. The molecule has 0 aromatic heterocycles. The number of sulfonamides is 1. The molecule has 0 unspecified atom stereocenters. The first kappa shape index (κ1) is 24.0. The molecule has 0 fully saturated rings. The summed E-state index contributed by atoms with van der Waals surface area (Å²) < 4.78 is 33.3. The Bertz CT molecular complexity index is 1310. The molecule has 3 rings (SSSR count). The number of methoxy groups -OCH3 is 1. The molecule has 0 heterocycles. The molecule has 3 aromatic carbocycles. The van der Waals surface area contributed by atoms with Gasteiger partial charge >= 0.3 is 0 Å². The number of nitrogens with one attached hydrogen (secondary N) is 1. The Balaban J connectivity index is 2.08. The van der Waals surface area contributed by atoms with Crippen LogP contribution >= 0.6 is 11.6 Å². The Hall–Kier alpha value is -3.63. The minimum absolute atomic E-state index is 0.0713. The molecule has 11 heteroatoms. The average molecular weight is 490 g/mol. The van der Waals surface area contributed by atoms with Crippen molar-refractivity contribution in [1.82, 2.24) is 0 Å². The van der Waals surface area contributed by atoms with Gasteiger partial charge in [-0.2, -0.15) is 0 Å². The van der Waals surface area contributed by atoms with Crippen LogP contribution in [-0.2, 0) is 14.8 Å². The minimum atomic E-state index is -4.51. The van der Waals surface area contributed by atoms with Crippen molar-refractivity contribution in [3.63, 3.8) is 0 Å². The maximum atomic E-state index is 13.6. The predicted octanol–water partition coefficient (Wildman–Crippen LogP) is 4.40. The summed E-state index contributed by atoms with van der Waals surface area (Å²) in [5.41, 5.74) is 1.01. The molecule has 0 aliphatic carbocycles. The number of halogens is 1. The quantitative estimate of drug-likeness (QED) is 0.370. The predicted molar refractivity (Wildman–Crippen MR) is 125 cm³/mol. The molecule has 172 valence electrons. The van der Waals surface area contributed by atoms with Crippen LogP contribution in [0.1, 0.15) is 5.56 Å². The molecule has 0 bridgehead atoms. The standard InChI is InChI=1S/C22H20ClN3O6S/c1-15-6-5-7-16(12-15)24-22(27)14-25(19-8-3-4-9-20(19)32-2)33(30,31)21-13-17(26(28)29)10-11-18(21)23/h3-13H,14H2,1-2H3,(H,24,27). The zero-order chi connectivity index (χ0) is 24.2. The van der Waals surface area contributed by atoms with E-state index in [9.17, 15) is 23.3 Å². The third-order valence-electron chi connectivity index (χ3n) is 4.64. The summed E-state index contributed by atoms with van der Waals surface area (Å²) in [7, 11) is -3.15. The first-order chi connectivity index (χ1) is 15.6. The van der Waals surface area contributed by atoms with Crippen LogP contribution in [0.2, 0.25) is 5.02 Å². The SMILES string of the molecule is COc1ccccc1N(CC(=O)Nc1cccc(C)c1)S(=O)(=O)c1cc([N+](=O)[O-])ccc1Cl. The van der Waals surface area contributed by atoms with Crippen molar-refractivity contribution in [2.45, 2.75) is 11.8 Å². The Morgan fingerprint density at radius 2 is 1.85 bits per heavy atom. The highest BCUT2D eigenvalue weighted by Crippen LogP contribution is 2.35. The first-order valence-electron chi connectivity index (χ1n) is 9.59. The summed E-state index contributed by atoms with van der Waals surface area (Å²) in [4.78, 5) is 22.8. The Labute approximate surface area is 195 Å². The monoisotopic (exact) mass is 489 g/mol. The highest BCUT2D eigenvalue weighted by atomic mass is 35.5. The number of nitro benzene ring substituents is 1. The van der Waals surface area contributed by atoms with Gasteiger partial charge in [0.05, 0.1) is 22.7 Å². The van der Waals surface area contributed by atoms with Crippen LogP contribution in [0.25, 0.3) is 0 Å². The number of anilines is 2. The Morgan fingerprint density at radius 3 is 2.52 bits per heavy atom. The normalized spacial score (nSPS) is 11.0. The van der Waals surface area contributed by atoms with Crippen molar-refractivity contribution >= 4 is 44.6 Å². The number of ether oxygens (including phenoxy) is 1. The van der Waals surface area contributed by atoms with Crippen LogP contribution in [0.15, 0.2) is 71.6 Å². The van der Waals surface area contributed by atoms with Gasteiger partial charge in [0.2, 0.25) is 5.91 Å². The van der Waals surface area contributed by atoms with E-state index in [0.717, 1.165) is 28.1 Å². The molecule has 0 atom stereocenters. The third-order valence-corrected chi connectivity index (χ3v) is 6.88. The number of aryl methyl sites for hydroxylation is 1. The lowest BCUT2D eigenvalue weighted by atomic mass is 10.2. The lowest BCUT2D eigenvalue weighted by Crippen LogP contribution is -2.38. The smallest absolute Gasteiger partial charge is 0.270 e. The molecule has 0 radical (unpaired) electrons. The number of nitro groups is 1. The molecule has 0 spiro atoms. The topological polar surface area (TPSA) is 119 Å². The highest BCUT2D eigenvalue weighted by molar-refractivity contribution is 7.93. The zero-order valence-electron chi connectivity index (χ0n) is 17.7. The van der Waals surface area contributed by atoms with Crippen molar-refractivity contribution in [3.8, 4) is 5.75 Å². The number of hydrogen-bond donors (Lipinski definition) is 1. The van der Waals surface area contributed by atoms with Gasteiger partial charge in [0.15, 0.2) is 0 Å². The second-order valence-corrected chi connectivity index (χ2v) is 9.21. The fourth-order valence-corrected chi connectivity index (χ4v) is 5.04. The van der Waals surface area contributed by atoms with E-state index in [4.69, 9.17) is 16.3 Å². The Morgan fingerprint density at radius 1 is 1.12 bits per heavy atom. The number of carbonyl (C=O) groups excluding carboxylic acids is 1. The summed E-state index contributed by atoms with van der Waals surface area (Å²) in [6, 6.07) is 16.3. The number of nitrogens with zero attached hydrogens (tertiary/aromatic N) is 2. The number of carbonyl (C=O) groups is 1. The van der Waals surface area contributed by atoms with Crippen molar-refractivity contribution in [2.24, 2.45) is 0 Å². The maximum absolute atomic E-state index is 13.6. The Kier molecular flexibility index (Phi) is 7.19. The van der Waals surface area contributed by atoms with E-state index >= 15 is 0 Å². The molecular weight excluding hydrogens is 470 g/mol. The van der Waals surface area contributed by atoms with Crippen LogP contribution in [0.4, 0.5) is 17.1 Å². The van der Waals surface area contributed by atoms with Crippen LogP contribution in [0, 0.1) is 17.0 Å². The van der Waals surface area contributed by atoms with E-state index in [1.807, 2.05) is 13.0 Å². The van der Waals surface area contributed by atoms with Gasteiger partial charge in [-0.3, -0.25) is 19.2 Å². The summed E-state index contributed by atoms with van der Waals surface area (Å²) in [5.74, 6) is -0.442. The zero-order valence-corrected chi connectivity index (χ0v) is 19.3. The molecule has 1 amide bonds. The molecule has 3 aromatic rings. The fourth-order valence-electron chi connectivity index (χ4n) is 3.11. The number of benzene rings is 3. The molecule has 0 saturated heterocycles. The van der Waals surface area contributed by atoms with Gasteiger partial charge in [0.25, 0.3) is 15.7 Å². The molecule has 33 heavy (non-hydrogen) atoms. The van der Waals surface area contributed by atoms with E-state index in [2.05, 4.69) is 5.32 Å². The van der Waals surface area contributed by atoms with Gasteiger partial charge in [-0.05, 0) is 42.8 Å². The van der Waals surface area contributed by atoms with E-state index in [1.54, 1.807) is 30.3 Å². The van der Waals surface area contributed by atoms with E-state index < -0.39 is 38.0 Å². The molecule has 9 nitrogen and oxygen atoms in total. The minimum Gasteiger partial charge on any atom is -0.495 e. The molecule has 0 aliphatic rings. The van der Waals surface area contributed by atoms with Crippen molar-refractivity contribution in [2.75, 3.05) is 23.3 Å². The maximum Gasteiger partial charge on any atom is 0.270 e. The summed E-state index contributed by atoms with van der Waals surface area (Å²) in [6.45, 7) is 1.22. The second kappa shape index (κ2) is 9.88. The number of rotatable bonds is 8. The summed E-state index contributed by atoms with van der Waals surface area (Å²) in [6.07, 6.45) is 0. The number of para-hydroxylation sites is 2. The number of amides is 1.